The highest BCUT2D eigenvalue weighted by molar-refractivity contribution is 5.95. The lowest BCUT2D eigenvalue weighted by molar-refractivity contribution is 0.0532. The van der Waals surface area contributed by atoms with Gasteiger partial charge in [-0.3, -0.25) is 14.7 Å². The molecule has 0 saturated carbocycles. The number of H-pyrrole nitrogens is 1. The van der Waals surface area contributed by atoms with Gasteiger partial charge in [-0.1, -0.05) is 6.07 Å². The van der Waals surface area contributed by atoms with Crippen LogP contribution >= 0.6 is 0 Å². The van der Waals surface area contributed by atoms with Crippen molar-refractivity contribution < 1.29 is 14.3 Å². The number of piperazine rings is 1. The van der Waals surface area contributed by atoms with Crippen LogP contribution in [0.3, 0.4) is 0 Å². The van der Waals surface area contributed by atoms with E-state index in [1.54, 1.807) is 47.2 Å². The summed E-state index contributed by atoms with van der Waals surface area (Å²) < 4.78 is 5.16. The number of nitrogens with zero attached hydrogens (tertiary/aromatic N) is 3. The van der Waals surface area contributed by atoms with Gasteiger partial charge in [-0.05, 0) is 31.2 Å². The summed E-state index contributed by atoms with van der Waals surface area (Å²) in [6.45, 7) is 3.87. The molecular formula is C17H20N4O3. The lowest BCUT2D eigenvalue weighted by Gasteiger charge is -2.34. The Hall–Kier alpha value is -2.83. The highest BCUT2D eigenvalue weighted by Crippen LogP contribution is 2.16. The molecule has 1 aliphatic rings. The van der Waals surface area contributed by atoms with Crippen LogP contribution in [0.5, 0.6) is 5.75 Å². The Morgan fingerprint density at radius 2 is 1.75 bits per heavy atom. The molecule has 1 aromatic heterocycles. The summed E-state index contributed by atoms with van der Waals surface area (Å²) in [5.74, 6) is 0.507. The van der Waals surface area contributed by atoms with Crippen LogP contribution in [0.25, 0.3) is 0 Å². The maximum Gasteiger partial charge on any atom is 0.274 e. The molecule has 1 saturated heterocycles. The molecule has 2 aromatic rings. The average Bonchev–Trinajstić information content (AvgIpc) is 3.07. The summed E-state index contributed by atoms with van der Waals surface area (Å²) in [5, 5.41) is 6.78. The molecule has 0 aliphatic carbocycles. The fourth-order valence-electron chi connectivity index (χ4n) is 2.74. The first kappa shape index (κ1) is 16.0. The van der Waals surface area contributed by atoms with Crippen molar-refractivity contribution in [2.24, 2.45) is 0 Å². The molecule has 2 amide bonds. The normalized spacial score (nSPS) is 14.6. The minimum Gasteiger partial charge on any atom is -0.497 e. The number of aryl methyl sites for hydroxylation is 1. The molecule has 1 fully saturated rings. The van der Waals surface area contributed by atoms with E-state index in [4.69, 9.17) is 4.74 Å². The minimum atomic E-state index is -0.104. The Balaban J connectivity index is 1.62. The second-order valence-corrected chi connectivity index (χ2v) is 5.75. The van der Waals surface area contributed by atoms with Crippen molar-refractivity contribution in [3.63, 3.8) is 0 Å². The van der Waals surface area contributed by atoms with Crippen LogP contribution in [0, 0.1) is 6.92 Å². The third kappa shape index (κ3) is 3.24. The number of aromatic nitrogens is 2. The van der Waals surface area contributed by atoms with Gasteiger partial charge in [-0.2, -0.15) is 5.10 Å². The Bertz CT molecular complexity index is 748. The Morgan fingerprint density at radius 1 is 1.08 bits per heavy atom. The monoisotopic (exact) mass is 328 g/mol. The second-order valence-electron chi connectivity index (χ2n) is 5.75. The van der Waals surface area contributed by atoms with Gasteiger partial charge in [-0.25, -0.2) is 0 Å². The van der Waals surface area contributed by atoms with Crippen molar-refractivity contribution >= 4 is 11.8 Å². The number of hydrogen-bond acceptors (Lipinski definition) is 4. The van der Waals surface area contributed by atoms with Crippen LogP contribution in [0.4, 0.5) is 0 Å². The maximum atomic E-state index is 12.6. The summed E-state index contributed by atoms with van der Waals surface area (Å²) in [5.41, 5.74) is 1.86. The van der Waals surface area contributed by atoms with Gasteiger partial charge in [0, 0.05) is 37.4 Å². The van der Waals surface area contributed by atoms with Crippen LogP contribution in [0.15, 0.2) is 30.3 Å². The van der Waals surface area contributed by atoms with Gasteiger partial charge >= 0.3 is 0 Å². The van der Waals surface area contributed by atoms with Gasteiger partial charge in [0.05, 0.1) is 7.11 Å². The fraction of sp³-hybridized carbons (Fsp3) is 0.353. The van der Waals surface area contributed by atoms with E-state index < -0.39 is 0 Å². The lowest BCUT2D eigenvalue weighted by Crippen LogP contribution is -2.50. The largest absolute Gasteiger partial charge is 0.497 e. The first-order valence-electron chi connectivity index (χ1n) is 7.83. The summed E-state index contributed by atoms with van der Waals surface area (Å²) in [6.07, 6.45) is 0. The molecule has 0 atom stereocenters. The van der Waals surface area contributed by atoms with Gasteiger partial charge in [0.25, 0.3) is 11.8 Å². The molecule has 3 rings (SSSR count). The molecule has 0 bridgehead atoms. The standard InChI is InChI=1S/C17H20N4O3/c1-12-10-15(19-18-12)17(23)21-8-6-20(7-9-21)16(22)13-4-3-5-14(11-13)24-2/h3-5,10-11H,6-9H2,1-2H3,(H,18,19). The summed E-state index contributed by atoms with van der Waals surface area (Å²) >= 11 is 0. The zero-order valence-corrected chi connectivity index (χ0v) is 13.8. The van der Waals surface area contributed by atoms with Crippen LogP contribution in [-0.2, 0) is 0 Å². The molecule has 24 heavy (non-hydrogen) atoms. The van der Waals surface area contributed by atoms with E-state index in [-0.39, 0.29) is 11.8 Å². The Morgan fingerprint density at radius 3 is 2.33 bits per heavy atom. The zero-order valence-electron chi connectivity index (χ0n) is 13.8. The van der Waals surface area contributed by atoms with Gasteiger partial charge in [0.15, 0.2) is 0 Å². The molecule has 7 heteroatoms. The average molecular weight is 328 g/mol. The van der Waals surface area contributed by atoms with Crippen molar-refractivity contribution in [1.29, 1.82) is 0 Å². The Kier molecular flexibility index (Phi) is 4.50. The number of aromatic amines is 1. The SMILES string of the molecule is COc1cccc(C(=O)N2CCN(C(=O)c3cc(C)[nH]n3)CC2)c1. The summed E-state index contributed by atoms with van der Waals surface area (Å²) in [7, 11) is 1.57. The van der Waals surface area contributed by atoms with E-state index in [1.165, 1.54) is 0 Å². The van der Waals surface area contributed by atoms with Crippen LogP contribution in [-0.4, -0.2) is 65.1 Å². The second kappa shape index (κ2) is 6.74. The van der Waals surface area contributed by atoms with Crippen molar-refractivity contribution in [3.05, 3.63) is 47.3 Å². The van der Waals surface area contributed by atoms with Gasteiger partial charge in [-0.15, -0.1) is 0 Å². The highest BCUT2D eigenvalue weighted by Gasteiger charge is 2.26. The molecule has 2 heterocycles. The van der Waals surface area contributed by atoms with E-state index in [1.807, 2.05) is 6.92 Å². The van der Waals surface area contributed by atoms with E-state index in [2.05, 4.69) is 10.2 Å². The quantitative estimate of drug-likeness (QED) is 0.922. The van der Waals surface area contributed by atoms with Crippen molar-refractivity contribution in [1.82, 2.24) is 20.0 Å². The molecule has 7 nitrogen and oxygen atoms in total. The summed E-state index contributed by atoms with van der Waals surface area (Å²) in [4.78, 5) is 28.4. The maximum absolute atomic E-state index is 12.6. The predicted octanol–water partition coefficient (Wildman–Crippen LogP) is 1.32. The number of rotatable bonds is 3. The number of carbonyl (C=O) groups is 2. The van der Waals surface area contributed by atoms with Crippen LogP contribution in [0.2, 0.25) is 0 Å². The van der Waals surface area contributed by atoms with Crippen LogP contribution in [0.1, 0.15) is 26.5 Å². The zero-order chi connectivity index (χ0) is 17.1. The third-order valence-corrected chi connectivity index (χ3v) is 4.10. The smallest absolute Gasteiger partial charge is 0.274 e. The summed E-state index contributed by atoms with van der Waals surface area (Å²) in [6, 6.07) is 8.84. The third-order valence-electron chi connectivity index (χ3n) is 4.10. The van der Waals surface area contributed by atoms with Gasteiger partial charge < -0.3 is 14.5 Å². The lowest BCUT2D eigenvalue weighted by atomic mass is 10.1. The topological polar surface area (TPSA) is 78.5 Å². The molecule has 0 spiro atoms. The number of benzene rings is 1. The molecule has 0 unspecified atom stereocenters. The fourth-order valence-corrected chi connectivity index (χ4v) is 2.74. The molecule has 1 N–H and O–H groups in total. The van der Waals surface area contributed by atoms with Crippen LogP contribution < -0.4 is 4.74 Å². The number of nitrogens with one attached hydrogen (secondary N) is 1. The van der Waals surface area contributed by atoms with Crippen molar-refractivity contribution in [3.8, 4) is 5.75 Å². The number of hydrogen-bond donors (Lipinski definition) is 1. The van der Waals surface area contributed by atoms with Gasteiger partial charge in [0.2, 0.25) is 0 Å². The van der Waals surface area contributed by atoms with Crippen molar-refractivity contribution in [2.75, 3.05) is 33.3 Å². The molecule has 1 aliphatic heterocycles. The molecule has 0 radical (unpaired) electrons. The number of ether oxygens (including phenoxy) is 1. The first-order chi connectivity index (χ1) is 11.6. The Labute approximate surface area is 140 Å². The van der Waals surface area contributed by atoms with E-state index in [0.717, 1.165) is 5.69 Å². The van der Waals surface area contributed by atoms with E-state index in [9.17, 15) is 9.59 Å². The molecular weight excluding hydrogens is 308 g/mol. The molecule has 126 valence electrons. The van der Waals surface area contributed by atoms with E-state index in [0.29, 0.717) is 43.2 Å². The number of carbonyl (C=O) groups excluding carboxylic acids is 2. The first-order valence-corrected chi connectivity index (χ1v) is 7.83. The highest BCUT2D eigenvalue weighted by atomic mass is 16.5. The number of amides is 2. The van der Waals surface area contributed by atoms with Gasteiger partial charge in [0.1, 0.15) is 11.4 Å². The molecule has 1 aromatic carbocycles. The van der Waals surface area contributed by atoms with Crippen molar-refractivity contribution in [2.45, 2.75) is 6.92 Å². The predicted molar refractivity (Wildman–Crippen MR) is 88.1 cm³/mol. The number of methoxy groups -OCH3 is 1. The minimum absolute atomic E-state index is 0.0448. The van der Waals surface area contributed by atoms with E-state index >= 15 is 0 Å².